The van der Waals surface area contributed by atoms with Crippen LogP contribution in [0.4, 0.5) is 5.69 Å². The lowest BCUT2D eigenvalue weighted by atomic mass is 9.88. The molecule has 6 heteroatoms. The molecule has 102 valence electrons. The Morgan fingerprint density at radius 2 is 2.16 bits per heavy atom. The average Bonchev–Trinajstić information content (AvgIpc) is 2.28. The minimum absolute atomic E-state index is 0.0655. The van der Waals surface area contributed by atoms with Gasteiger partial charge in [-0.2, -0.15) is 0 Å². The van der Waals surface area contributed by atoms with Crippen molar-refractivity contribution < 1.29 is 9.59 Å². The first-order chi connectivity index (χ1) is 8.99. The van der Waals surface area contributed by atoms with Gasteiger partial charge in [-0.15, -0.1) is 0 Å². The molecule has 0 bridgehead atoms. The largest absolute Gasteiger partial charge is 0.366 e. The Morgan fingerprint density at radius 3 is 2.68 bits per heavy atom. The lowest BCUT2D eigenvalue weighted by Gasteiger charge is -2.31. The molecule has 1 fully saturated rings. The normalized spacial score (nSPS) is 16.5. The quantitative estimate of drug-likeness (QED) is 0.776. The first kappa shape index (κ1) is 13.8. The Kier molecular flexibility index (Phi) is 4.07. The van der Waals surface area contributed by atoms with Gasteiger partial charge in [0.25, 0.3) is 0 Å². The lowest BCUT2D eigenvalue weighted by Crippen LogP contribution is -2.48. The highest BCUT2D eigenvalue weighted by Gasteiger charge is 2.28. The van der Waals surface area contributed by atoms with E-state index in [4.69, 9.17) is 17.3 Å². The number of benzene rings is 1. The zero-order chi connectivity index (χ0) is 14.0. The van der Waals surface area contributed by atoms with E-state index in [1.165, 1.54) is 6.07 Å². The van der Waals surface area contributed by atoms with E-state index in [1.54, 1.807) is 12.1 Å². The van der Waals surface area contributed by atoms with Crippen LogP contribution < -0.4 is 16.4 Å². The van der Waals surface area contributed by atoms with Crippen LogP contribution in [0.3, 0.4) is 0 Å². The van der Waals surface area contributed by atoms with Crippen LogP contribution in [-0.4, -0.2) is 24.9 Å². The number of hydrogen-bond acceptors (Lipinski definition) is 3. The van der Waals surface area contributed by atoms with Crippen molar-refractivity contribution in [1.82, 2.24) is 5.32 Å². The molecule has 1 aliphatic heterocycles. The van der Waals surface area contributed by atoms with Crippen molar-refractivity contribution in [3.05, 3.63) is 28.8 Å². The molecular weight excluding hydrogens is 266 g/mol. The number of carbonyl (C=O) groups is 2. The summed E-state index contributed by atoms with van der Waals surface area (Å²) < 4.78 is 0. The van der Waals surface area contributed by atoms with Gasteiger partial charge in [0, 0.05) is 11.6 Å². The van der Waals surface area contributed by atoms with Crippen molar-refractivity contribution in [3.8, 4) is 0 Å². The highest BCUT2D eigenvalue weighted by atomic mass is 35.5. The second-order valence-corrected chi connectivity index (χ2v) is 5.16. The summed E-state index contributed by atoms with van der Waals surface area (Å²) >= 11 is 5.85. The highest BCUT2D eigenvalue weighted by molar-refractivity contribution is 6.34. The van der Waals surface area contributed by atoms with Crippen molar-refractivity contribution in [1.29, 1.82) is 0 Å². The van der Waals surface area contributed by atoms with E-state index >= 15 is 0 Å². The molecule has 0 spiro atoms. The third-order valence-corrected chi connectivity index (χ3v) is 3.76. The van der Waals surface area contributed by atoms with Gasteiger partial charge in [-0.25, -0.2) is 0 Å². The molecule has 1 saturated heterocycles. The van der Waals surface area contributed by atoms with Gasteiger partial charge >= 0.3 is 0 Å². The fourth-order valence-electron chi connectivity index (χ4n) is 1.93. The molecule has 0 aromatic heterocycles. The van der Waals surface area contributed by atoms with Gasteiger partial charge in [0.05, 0.1) is 10.6 Å². The summed E-state index contributed by atoms with van der Waals surface area (Å²) in [6, 6.07) is 4.69. The molecule has 19 heavy (non-hydrogen) atoms. The predicted molar refractivity (Wildman–Crippen MR) is 74.1 cm³/mol. The van der Waals surface area contributed by atoms with Gasteiger partial charge in [-0.05, 0) is 37.2 Å². The van der Waals surface area contributed by atoms with Crippen LogP contribution in [0.2, 0.25) is 5.02 Å². The number of nitrogens with one attached hydrogen (secondary N) is 2. The fraction of sp³-hybridized carbons (Fsp3) is 0.385. The third-order valence-electron chi connectivity index (χ3n) is 3.43. The van der Waals surface area contributed by atoms with E-state index in [0.717, 1.165) is 13.1 Å². The van der Waals surface area contributed by atoms with Crippen LogP contribution in [0, 0.1) is 11.8 Å². The zero-order valence-corrected chi connectivity index (χ0v) is 11.3. The molecule has 1 aromatic rings. The Morgan fingerprint density at radius 1 is 1.47 bits per heavy atom. The summed E-state index contributed by atoms with van der Waals surface area (Å²) in [5.74, 6) is -0.390. The molecule has 1 aromatic carbocycles. The smallest absolute Gasteiger partial charge is 0.250 e. The molecular formula is C13H16ClN3O2. The Balaban J connectivity index is 2.08. The first-order valence-corrected chi connectivity index (χ1v) is 6.47. The van der Waals surface area contributed by atoms with E-state index < -0.39 is 5.91 Å². The van der Waals surface area contributed by atoms with Gasteiger partial charge < -0.3 is 16.4 Å². The maximum Gasteiger partial charge on any atom is 0.250 e. The van der Waals surface area contributed by atoms with E-state index in [9.17, 15) is 9.59 Å². The number of anilines is 1. The van der Waals surface area contributed by atoms with Crippen molar-refractivity contribution in [2.45, 2.75) is 6.92 Å². The topological polar surface area (TPSA) is 84.2 Å². The van der Waals surface area contributed by atoms with Gasteiger partial charge in [0.15, 0.2) is 0 Å². The first-order valence-electron chi connectivity index (χ1n) is 6.10. The zero-order valence-electron chi connectivity index (χ0n) is 10.6. The van der Waals surface area contributed by atoms with E-state index in [2.05, 4.69) is 10.6 Å². The molecule has 2 amide bonds. The Bertz CT molecular complexity index is 515. The SMILES string of the molecule is CC(C(=O)Nc1ccc(Cl)c(C(N)=O)c1)C1CNC1. The number of nitrogens with two attached hydrogens (primary N) is 1. The van der Waals surface area contributed by atoms with Crippen LogP contribution in [0.1, 0.15) is 17.3 Å². The number of carbonyl (C=O) groups excluding carboxylic acids is 2. The van der Waals surface area contributed by atoms with Gasteiger partial charge in [-0.1, -0.05) is 18.5 Å². The average molecular weight is 282 g/mol. The number of rotatable bonds is 4. The molecule has 1 unspecified atom stereocenters. The van der Waals surface area contributed by atoms with Crippen molar-refractivity contribution in [2.24, 2.45) is 17.6 Å². The fourth-order valence-corrected chi connectivity index (χ4v) is 2.14. The number of halogens is 1. The third kappa shape index (κ3) is 3.05. The lowest BCUT2D eigenvalue weighted by molar-refractivity contribution is -0.121. The molecule has 1 heterocycles. The molecule has 0 saturated carbocycles. The van der Waals surface area contributed by atoms with E-state index in [0.29, 0.717) is 11.6 Å². The van der Waals surface area contributed by atoms with E-state index in [1.807, 2.05) is 6.92 Å². The Hall–Kier alpha value is -1.59. The number of hydrogen-bond donors (Lipinski definition) is 3. The second-order valence-electron chi connectivity index (χ2n) is 4.76. The highest BCUT2D eigenvalue weighted by Crippen LogP contribution is 2.22. The van der Waals surface area contributed by atoms with Crippen LogP contribution >= 0.6 is 11.6 Å². The minimum atomic E-state index is -0.614. The Labute approximate surface area is 116 Å². The van der Waals surface area contributed by atoms with Crippen LogP contribution in [0.5, 0.6) is 0 Å². The maximum absolute atomic E-state index is 12.0. The van der Waals surface area contributed by atoms with Gasteiger partial charge in [-0.3, -0.25) is 9.59 Å². The van der Waals surface area contributed by atoms with Crippen molar-refractivity contribution in [2.75, 3.05) is 18.4 Å². The summed E-state index contributed by atoms with van der Waals surface area (Å²) in [7, 11) is 0. The van der Waals surface area contributed by atoms with Crippen molar-refractivity contribution >= 4 is 29.1 Å². The van der Waals surface area contributed by atoms with Crippen LogP contribution in [-0.2, 0) is 4.79 Å². The van der Waals surface area contributed by atoms with Crippen LogP contribution in [0.25, 0.3) is 0 Å². The molecule has 2 rings (SSSR count). The molecule has 0 aliphatic carbocycles. The summed E-state index contributed by atoms with van der Waals surface area (Å²) in [5.41, 5.74) is 5.94. The molecule has 4 N–H and O–H groups in total. The summed E-state index contributed by atoms with van der Waals surface area (Å²) in [6.45, 7) is 3.62. The molecule has 5 nitrogen and oxygen atoms in total. The van der Waals surface area contributed by atoms with Gasteiger partial charge in [0.1, 0.15) is 0 Å². The molecule has 0 radical (unpaired) electrons. The van der Waals surface area contributed by atoms with E-state index in [-0.39, 0.29) is 22.4 Å². The number of amides is 2. The monoisotopic (exact) mass is 281 g/mol. The summed E-state index contributed by atoms with van der Waals surface area (Å²) in [5, 5.41) is 6.19. The molecule has 1 atom stereocenters. The van der Waals surface area contributed by atoms with Gasteiger partial charge in [0.2, 0.25) is 11.8 Å². The standard InChI is InChI=1S/C13H16ClN3O2/c1-7(8-5-16-6-8)13(19)17-9-2-3-11(14)10(4-9)12(15)18/h2-4,7-8,16H,5-6H2,1H3,(H2,15,18)(H,17,19). The second kappa shape index (κ2) is 5.59. The minimum Gasteiger partial charge on any atom is -0.366 e. The molecule has 1 aliphatic rings. The van der Waals surface area contributed by atoms with Crippen LogP contribution in [0.15, 0.2) is 18.2 Å². The maximum atomic E-state index is 12.0. The van der Waals surface area contributed by atoms with Crippen molar-refractivity contribution in [3.63, 3.8) is 0 Å². The summed E-state index contributed by atoms with van der Waals surface area (Å²) in [4.78, 5) is 23.2. The number of primary amides is 1. The predicted octanol–water partition coefficient (Wildman–Crippen LogP) is 1.23. The summed E-state index contributed by atoms with van der Waals surface area (Å²) in [6.07, 6.45) is 0.